The molecule has 1 aromatic rings. The molecule has 0 aromatic heterocycles. The number of nitrogens with one attached hydrogen (secondary N) is 1. The molecule has 1 aliphatic rings. The first kappa shape index (κ1) is 13.0. The Bertz CT molecular complexity index is 443. The summed E-state index contributed by atoms with van der Waals surface area (Å²) < 4.78 is 16.8. The Hall–Kier alpha value is -1.42. The lowest BCUT2D eigenvalue weighted by molar-refractivity contribution is 0.0659. The standard InChI is InChI=1S/C14H21NO3/c1-14(2)8-10(15-3)13-11(17-5)6-9(16-4)7-12(13)18-14/h6-7,10,15H,8H2,1-5H3. The van der Waals surface area contributed by atoms with Crippen LogP contribution in [0.2, 0.25) is 0 Å². The minimum absolute atomic E-state index is 0.196. The van der Waals surface area contributed by atoms with E-state index < -0.39 is 0 Å². The lowest BCUT2D eigenvalue weighted by Gasteiger charge is -2.38. The lowest BCUT2D eigenvalue weighted by atomic mass is 9.89. The highest BCUT2D eigenvalue weighted by Gasteiger charge is 2.35. The Morgan fingerprint density at radius 2 is 2.00 bits per heavy atom. The van der Waals surface area contributed by atoms with Crippen molar-refractivity contribution in [2.75, 3.05) is 21.3 Å². The zero-order valence-corrected chi connectivity index (χ0v) is 11.7. The Morgan fingerprint density at radius 1 is 1.28 bits per heavy atom. The summed E-state index contributed by atoms with van der Waals surface area (Å²) in [6.07, 6.45) is 0.902. The molecule has 0 aliphatic carbocycles. The van der Waals surface area contributed by atoms with Crippen LogP contribution >= 0.6 is 0 Å². The monoisotopic (exact) mass is 251 g/mol. The quantitative estimate of drug-likeness (QED) is 0.896. The Morgan fingerprint density at radius 3 is 2.56 bits per heavy atom. The molecular weight excluding hydrogens is 230 g/mol. The smallest absolute Gasteiger partial charge is 0.132 e. The van der Waals surface area contributed by atoms with Gasteiger partial charge in [-0.25, -0.2) is 0 Å². The summed E-state index contributed by atoms with van der Waals surface area (Å²) in [5.41, 5.74) is 0.873. The van der Waals surface area contributed by atoms with E-state index in [1.54, 1.807) is 14.2 Å². The van der Waals surface area contributed by atoms with Crippen molar-refractivity contribution < 1.29 is 14.2 Å². The summed E-state index contributed by atoms with van der Waals surface area (Å²) in [6, 6.07) is 4.04. The molecule has 100 valence electrons. The van der Waals surface area contributed by atoms with E-state index in [0.29, 0.717) is 0 Å². The summed E-state index contributed by atoms with van der Waals surface area (Å²) in [5.74, 6) is 2.39. The number of fused-ring (bicyclic) bond motifs is 1. The number of ether oxygens (including phenoxy) is 3. The number of methoxy groups -OCH3 is 2. The second kappa shape index (κ2) is 4.69. The van der Waals surface area contributed by atoms with E-state index >= 15 is 0 Å². The Kier molecular flexibility index (Phi) is 3.39. The van der Waals surface area contributed by atoms with Gasteiger partial charge in [0, 0.05) is 24.6 Å². The third-order valence-corrected chi connectivity index (χ3v) is 3.31. The molecule has 1 aromatic carbocycles. The van der Waals surface area contributed by atoms with Crippen molar-refractivity contribution in [2.24, 2.45) is 0 Å². The van der Waals surface area contributed by atoms with E-state index in [1.807, 2.05) is 19.2 Å². The van der Waals surface area contributed by atoms with Crippen molar-refractivity contribution in [1.29, 1.82) is 0 Å². The van der Waals surface area contributed by atoms with Crippen LogP contribution in [0.15, 0.2) is 12.1 Å². The summed E-state index contributed by atoms with van der Waals surface area (Å²) in [5, 5.41) is 3.33. The second-order valence-electron chi connectivity index (χ2n) is 5.15. The highest BCUT2D eigenvalue weighted by Crippen LogP contribution is 2.46. The molecule has 0 spiro atoms. The van der Waals surface area contributed by atoms with Crippen molar-refractivity contribution in [3.8, 4) is 17.2 Å². The summed E-state index contributed by atoms with van der Waals surface area (Å²) in [7, 11) is 5.27. The largest absolute Gasteiger partial charge is 0.496 e. The molecule has 1 N–H and O–H groups in total. The molecule has 0 bridgehead atoms. The second-order valence-corrected chi connectivity index (χ2v) is 5.15. The van der Waals surface area contributed by atoms with Gasteiger partial charge in [-0.2, -0.15) is 0 Å². The van der Waals surface area contributed by atoms with Crippen molar-refractivity contribution >= 4 is 0 Å². The topological polar surface area (TPSA) is 39.7 Å². The van der Waals surface area contributed by atoms with Crippen LogP contribution in [-0.2, 0) is 0 Å². The van der Waals surface area contributed by atoms with Crippen LogP contribution in [0.5, 0.6) is 17.2 Å². The fourth-order valence-electron chi connectivity index (χ4n) is 2.47. The van der Waals surface area contributed by atoms with Gasteiger partial charge in [0.15, 0.2) is 0 Å². The molecule has 1 heterocycles. The minimum Gasteiger partial charge on any atom is -0.496 e. The van der Waals surface area contributed by atoms with Crippen LogP contribution in [0.1, 0.15) is 31.9 Å². The highest BCUT2D eigenvalue weighted by molar-refractivity contribution is 5.53. The third kappa shape index (κ3) is 2.25. The van der Waals surface area contributed by atoms with E-state index in [0.717, 1.165) is 29.2 Å². The first-order valence-corrected chi connectivity index (χ1v) is 6.13. The van der Waals surface area contributed by atoms with Gasteiger partial charge in [0.05, 0.1) is 19.8 Å². The van der Waals surface area contributed by atoms with Crippen molar-refractivity contribution in [1.82, 2.24) is 5.32 Å². The molecule has 0 saturated heterocycles. The Balaban J connectivity index is 2.55. The van der Waals surface area contributed by atoms with E-state index in [2.05, 4.69) is 19.2 Å². The van der Waals surface area contributed by atoms with Crippen LogP contribution in [0.4, 0.5) is 0 Å². The predicted octanol–water partition coefficient (Wildman–Crippen LogP) is 2.53. The lowest BCUT2D eigenvalue weighted by Crippen LogP contribution is -2.38. The average molecular weight is 251 g/mol. The molecule has 0 amide bonds. The first-order chi connectivity index (χ1) is 8.50. The minimum atomic E-state index is -0.196. The van der Waals surface area contributed by atoms with E-state index in [-0.39, 0.29) is 11.6 Å². The average Bonchev–Trinajstić information content (AvgIpc) is 2.34. The van der Waals surface area contributed by atoms with Crippen LogP contribution in [-0.4, -0.2) is 26.9 Å². The normalized spacial score (nSPS) is 20.8. The van der Waals surface area contributed by atoms with Gasteiger partial charge in [-0.05, 0) is 20.9 Å². The summed E-state index contributed by atoms with van der Waals surface area (Å²) >= 11 is 0. The molecule has 4 nitrogen and oxygen atoms in total. The van der Waals surface area contributed by atoms with Crippen molar-refractivity contribution in [3.05, 3.63) is 17.7 Å². The zero-order valence-electron chi connectivity index (χ0n) is 11.7. The fourth-order valence-corrected chi connectivity index (χ4v) is 2.47. The van der Waals surface area contributed by atoms with Gasteiger partial charge in [0.2, 0.25) is 0 Å². The maximum absolute atomic E-state index is 6.04. The van der Waals surface area contributed by atoms with Gasteiger partial charge in [-0.3, -0.25) is 0 Å². The molecule has 1 unspecified atom stereocenters. The molecule has 1 atom stereocenters. The molecule has 1 aliphatic heterocycles. The van der Waals surface area contributed by atoms with Crippen LogP contribution < -0.4 is 19.5 Å². The molecule has 0 radical (unpaired) electrons. The van der Waals surface area contributed by atoms with Gasteiger partial charge < -0.3 is 19.5 Å². The van der Waals surface area contributed by atoms with Gasteiger partial charge >= 0.3 is 0 Å². The molecule has 0 saturated carbocycles. The number of benzene rings is 1. The van der Waals surface area contributed by atoms with Gasteiger partial charge in [-0.15, -0.1) is 0 Å². The third-order valence-electron chi connectivity index (χ3n) is 3.31. The molecular formula is C14H21NO3. The van der Waals surface area contributed by atoms with Gasteiger partial charge in [0.25, 0.3) is 0 Å². The fraction of sp³-hybridized carbons (Fsp3) is 0.571. The zero-order chi connectivity index (χ0) is 13.3. The van der Waals surface area contributed by atoms with Crippen LogP contribution in [0, 0.1) is 0 Å². The molecule has 4 heteroatoms. The molecule has 18 heavy (non-hydrogen) atoms. The van der Waals surface area contributed by atoms with Crippen molar-refractivity contribution in [2.45, 2.75) is 31.9 Å². The van der Waals surface area contributed by atoms with Gasteiger partial charge in [-0.1, -0.05) is 0 Å². The van der Waals surface area contributed by atoms with Gasteiger partial charge in [0.1, 0.15) is 22.8 Å². The van der Waals surface area contributed by atoms with Crippen molar-refractivity contribution in [3.63, 3.8) is 0 Å². The maximum atomic E-state index is 6.04. The van der Waals surface area contributed by atoms with E-state index in [4.69, 9.17) is 14.2 Å². The summed E-state index contributed by atoms with van der Waals surface area (Å²) in [6.45, 7) is 4.18. The Labute approximate surface area is 108 Å². The first-order valence-electron chi connectivity index (χ1n) is 6.13. The van der Waals surface area contributed by atoms with E-state index in [9.17, 15) is 0 Å². The molecule has 2 rings (SSSR count). The number of hydrogen-bond donors (Lipinski definition) is 1. The van der Waals surface area contributed by atoms with E-state index in [1.165, 1.54) is 0 Å². The number of hydrogen-bond acceptors (Lipinski definition) is 4. The highest BCUT2D eigenvalue weighted by atomic mass is 16.5. The number of rotatable bonds is 3. The van der Waals surface area contributed by atoms with Crippen LogP contribution in [0.3, 0.4) is 0 Å². The molecule has 0 fully saturated rings. The van der Waals surface area contributed by atoms with Crippen LogP contribution in [0.25, 0.3) is 0 Å². The summed E-state index contributed by atoms with van der Waals surface area (Å²) in [4.78, 5) is 0. The maximum Gasteiger partial charge on any atom is 0.132 e. The SMILES string of the molecule is CNC1CC(C)(C)Oc2cc(OC)cc(OC)c21. The predicted molar refractivity (Wildman–Crippen MR) is 70.7 cm³/mol.